The van der Waals surface area contributed by atoms with E-state index < -0.39 is 0 Å². The molecule has 0 spiro atoms. The molecule has 2 aromatic rings. The van der Waals surface area contributed by atoms with E-state index in [9.17, 15) is 9.59 Å². The van der Waals surface area contributed by atoms with Gasteiger partial charge in [0.2, 0.25) is 5.91 Å². The van der Waals surface area contributed by atoms with Crippen molar-refractivity contribution in [3.8, 4) is 0 Å². The van der Waals surface area contributed by atoms with Gasteiger partial charge in [-0.05, 0) is 48.9 Å². The Balaban J connectivity index is 1.86. The highest BCUT2D eigenvalue weighted by atomic mass is 35.5. The number of amides is 1. The van der Waals surface area contributed by atoms with Crippen LogP contribution < -0.4 is 5.32 Å². The number of nitrogens with zero attached hydrogens (tertiary/aromatic N) is 1. The number of aromatic nitrogens is 1. The van der Waals surface area contributed by atoms with E-state index in [-0.39, 0.29) is 24.5 Å². The smallest absolute Gasteiger partial charge is 0.225 e. The number of anilines is 1. The van der Waals surface area contributed by atoms with Gasteiger partial charge in [0.25, 0.3) is 0 Å². The Hall–Kier alpha value is -2.20. The largest absolute Gasteiger partial charge is 0.311 e. The zero-order valence-corrected chi connectivity index (χ0v) is 12.4. The monoisotopic (exact) mass is 302 g/mol. The van der Waals surface area contributed by atoms with Crippen molar-refractivity contribution >= 4 is 29.1 Å². The van der Waals surface area contributed by atoms with E-state index in [0.717, 1.165) is 5.56 Å². The third kappa shape index (κ3) is 4.68. The molecule has 0 bridgehead atoms. The Morgan fingerprint density at radius 2 is 1.86 bits per heavy atom. The van der Waals surface area contributed by atoms with Crippen LogP contribution in [0.1, 0.15) is 28.8 Å². The Morgan fingerprint density at radius 3 is 2.52 bits per heavy atom. The van der Waals surface area contributed by atoms with Crippen LogP contribution in [0.2, 0.25) is 5.02 Å². The molecule has 5 heteroatoms. The first-order valence-corrected chi connectivity index (χ1v) is 6.93. The lowest BCUT2D eigenvalue weighted by molar-refractivity contribution is -0.116. The zero-order chi connectivity index (χ0) is 15.2. The zero-order valence-electron chi connectivity index (χ0n) is 11.6. The fourth-order valence-corrected chi connectivity index (χ4v) is 1.94. The molecule has 1 aromatic carbocycles. The number of halogens is 1. The van der Waals surface area contributed by atoms with Crippen molar-refractivity contribution in [3.63, 3.8) is 0 Å². The number of hydrogen-bond donors (Lipinski definition) is 1. The van der Waals surface area contributed by atoms with Crippen LogP contribution in [-0.2, 0) is 4.79 Å². The van der Waals surface area contributed by atoms with Crippen LogP contribution in [0.15, 0.2) is 42.6 Å². The number of ketones is 1. The third-order valence-electron chi connectivity index (χ3n) is 2.93. The minimum atomic E-state index is -0.226. The van der Waals surface area contributed by atoms with E-state index in [2.05, 4.69) is 10.3 Å². The van der Waals surface area contributed by atoms with Crippen molar-refractivity contribution in [1.82, 2.24) is 4.98 Å². The van der Waals surface area contributed by atoms with E-state index >= 15 is 0 Å². The first kappa shape index (κ1) is 15.2. The first-order valence-electron chi connectivity index (χ1n) is 6.56. The van der Waals surface area contributed by atoms with Gasteiger partial charge in [0.1, 0.15) is 5.82 Å². The van der Waals surface area contributed by atoms with Crippen molar-refractivity contribution in [1.29, 1.82) is 0 Å². The summed E-state index contributed by atoms with van der Waals surface area (Å²) in [5.74, 6) is 0.188. The van der Waals surface area contributed by atoms with Crippen LogP contribution in [0.5, 0.6) is 0 Å². The van der Waals surface area contributed by atoms with Gasteiger partial charge >= 0.3 is 0 Å². The number of pyridine rings is 1. The lowest BCUT2D eigenvalue weighted by atomic mass is 10.1. The number of nitrogens with one attached hydrogen (secondary N) is 1. The Morgan fingerprint density at radius 1 is 1.14 bits per heavy atom. The molecule has 1 heterocycles. The molecule has 108 valence electrons. The predicted octanol–water partition coefficient (Wildman–Crippen LogP) is 3.65. The molecule has 0 aliphatic carbocycles. The number of carbonyl (C=O) groups excluding carboxylic acids is 2. The van der Waals surface area contributed by atoms with Gasteiger partial charge in [0.05, 0.1) is 0 Å². The van der Waals surface area contributed by atoms with Gasteiger partial charge in [-0.15, -0.1) is 0 Å². The second-order valence-corrected chi connectivity index (χ2v) is 5.13. The SMILES string of the molecule is Cc1ccnc(NC(=O)CCC(=O)c2ccc(Cl)cc2)c1. The molecule has 21 heavy (non-hydrogen) atoms. The maximum absolute atomic E-state index is 11.9. The maximum atomic E-state index is 11.9. The van der Waals surface area contributed by atoms with Gasteiger partial charge in [-0.2, -0.15) is 0 Å². The molecule has 1 N–H and O–H groups in total. The molecular weight excluding hydrogens is 288 g/mol. The number of aryl methyl sites for hydroxylation is 1. The molecule has 0 aliphatic heterocycles. The summed E-state index contributed by atoms with van der Waals surface area (Å²) in [4.78, 5) is 27.8. The second-order valence-electron chi connectivity index (χ2n) is 4.70. The summed E-state index contributed by atoms with van der Waals surface area (Å²) in [5, 5.41) is 3.25. The topological polar surface area (TPSA) is 59.1 Å². The molecule has 0 saturated heterocycles. The molecule has 0 fully saturated rings. The lowest BCUT2D eigenvalue weighted by Gasteiger charge is -2.05. The van der Waals surface area contributed by atoms with E-state index in [4.69, 9.17) is 11.6 Å². The van der Waals surface area contributed by atoms with E-state index in [1.165, 1.54) is 0 Å². The molecule has 2 rings (SSSR count). The average molecular weight is 303 g/mol. The molecule has 0 aliphatic rings. The molecule has 0 radical (unpaired) electrons. The van der Waals surface area contributed by atoms with Crippen LogP contribution in [0.25, 0.3) is 0 Å². The Bertz CT molecular complexity index is 654. The first-order chi connectivity index (χ1) is 10.0. The lowest BCUT2D eigenvalue weighted by Crippen LogP contribution is -2.14. The standard InChI is InChI=1S/C16H15ClN2O2/c1-11-8-9-18-15(10-11)19-16(21)7-6-14(20)12-2-4-13(17)5-3-12/h2-5,8-10H,6-7H2,1H3,(H,18,19,21). The van der Waals surface area contributed by atoms with Gasteiger partial charge in [0, 0.05) is 29.6 Å². The quantitative estimate of drug-likeness (QED) is 0.858. The number of benzene rings is 1. The van der Waals surface area contributed by atoms with Crippen LogP contribution >= 0.6 is 11.6 Å². The molecular formula is C16H15ClN2O2. The third-order valence-corrected chi connectivity index (χ3v) is 3.18. The van der Waals surface area contributed by atoms with Crippen molar-refractivity contribution in [2.75, 3.05) is 5.32 Å². The van der Waals surface area contributed by atoms with Crippen LogP contribution in [0.4, 0.5) is 5.82 Å². The summed E-state index contributed by atoms with van der Waals surface area (Å²) in [6, 6.07) is 10.3. The summed E-state index contributed by atoms with van der Waals surface area (Å²) < 4.78 is 0. The van der Waals surface area contributed by atoms with Gasteiger partial charge in [-0.25, -0.2) is 4.98 Å². The van der Waals surface area contributed by atoms with Crippen molar-refractivity contribution in [2.45, 2.75) is 19.8 Å². The summed E-state index contributed by atoms with van der Waals surface area (Å²) in [6.45, 7) is 1.92. The normalized spacial score (nSPS) is 10.2. The minimum absolute atomic E-state index is 0.0842. The predicted molar refractivity (Wildman–Crippen MR) is 82.6 cm³/mol. The summed E-state index contributed by atoms with van der Waals surface area (Å²) in [6.07, 6.45) is 1.90. The highest BCUT2D eigenvalue weighted by molar-refractivity contribution is 6.30. The minimum Gasteiger partial charge on any atom is -0.311 e. The van der Waals surface area contributed by atoms with Gasteiger partial charge < -0.3 is 5.32 Å². The summed E-state index contributed by atoms with van der Waals surface area (Å²) in [5.41, 5.74) is 1.57. The highest BCUT2D eigenvalue weighted by Crippen LogP contribution is 2.12. The van der Waals surface area contributed by atoms with E-state index in [0.29, 0.717) is 16.4 Å². The van der Waals surface area contributed by atoms with Gasteiger partial charge in [-0.3, -0.25) is 9.59 Å². The fourth-order valence-electron chi connectivity index (χ4n) is 1.82. The summed E-state index contributed by atoms with van der Waals surface area (Å²) in [7, 11) is 0. The second kappa shape index (κ2) is 6.99. The molecule has 0 atom stereocenters. The Kier molecular flexibility index (Phi) is 5.06. The van der Waals surface area contributed by atoms with Gasteiger partial charge in [-0.1, -0.05) is 11.6 Å². The fraction of sp³-hybridized carbons (Fsp3) is 0.188. The molecule has 4 nitrogen and oxygen atoms in total. The van der Waals surface area contributed by atoms with Gasteiger partial charge in [0.15, 0.2) is 5.78 Å². The van der Waals surface area contributed by atoms with Crippen molar-refractivity contribution in [2.24, 2.45) is 0 Å². The number of carbonyl (C=O) groups is 2. The Labute approximate surface area is 128 Å². The van der Waals surface area contributed by atoms with Crippen LogP contribution in [0.3, 0.4) is 0 Å². The number of hydrogen-bond acceptors (Lipinski definition) is 3. The van der Waals surface area contributed by atoms with E-state index in [1.807, 2.05) is 13.0 Å². The molecule has 1 aromatic heterocycles. The number of Topliss-reactive ketones (excluding diaryl/α,β-unsaturated/α-hetero) is 1. The molecule has 0 unspecified atom stereocenters. The molecule has 1 amide bonds. The number of rotatable bonds is 5. The van der Waals surface area contributed by atoms with Crippen molar-refractivity contribution < 1.29 is 9.59 Å². The van der Waals surface area contributed by atoms with Crippen molar-refractivity contribution in [3.05, 3.63) is 58.7 Å². The average Bonchev–Trinajstić information content (AvgIpc) is 2.45. The maximum Gasteiger partial charge on any atom is 0.225 e. The highest BCUT2D eigenvalue weighted by Gasteiger charge is 2.10. The van der Waals surface area contributed by atoms with Crippen LogP contribution in [0, 0.1) is 6.92 Å². The van der Waals surface area contributed by atoms with Crippen LogP contribution in [-0.4, -0.2) is 16.7 Å². The van der Waals surface area contributed by atoms with E-state index in [1.54, 1.807) is 36.5 Å². The molecule has 0 saturated carbocycles. The summed E-state index contributed by atoms with van der Waals surface area (Å²) >= 11 is 5.76.